The molecule has 6 heteroatoms. The third-order valence-corrected chi connectivity index (χ3v) is 5.34. The minimum absolute atomic E-state index is 0.0566. The molecule has 1 aliphatic rings. The lowest BCUT2D eigenvalue weighted by Gasteiger charge is -2.25. The Balaban J connectivity index is 1.76. The summed E-state index contributed by atoms with van der Waals surface area (Å²) in [5.74, 6) is -0.891. The van der Waals surface area contributed by atoms with Crippen LogP contribution in [0.5, 0.6) is 5.75 Å². The van der Waals surface area contributed by atoms with E-state index < -0.39 is 17.7 Å². The summed E-state index contributed by atoms with van der Waals surface area (Å²) in [5.41, 5.74) is 2.05. The minimum Gasteiger partial charge on any atom is -0.507 e. The van der Waals surface area contributed by atoms with Gasteiger partial charge in [0.1, 0.15) is 11.5 Å². The second-order valence-corrected chi connectivity index (χ2v) is 7.57. The highest BCUT2D eigenvalue weighted by Gasteiger charge is 2.46. The van der Waals surface area contributed by atoms with Crippen LogP contribution in [0.2, 0.25) is 0 Å². The molecule has 3 aromatic rings. The van der Waals surface area contributed by atoms with Gasteiger partial charge in [-0.3, -0.25) is 14.6 Å². The maximum absolute atomic E-state index is 13.1. The fourth-order valence-corrected chi connectivity index (χ4v) is 3.79. The summed E-state index contributed by atoms with van der Waals surface area (Å²) in [6.07, 6.45) is 4.13. The molecule has 1 aliphatic heterocycles. The van der Waals surface area contributed by atoms with Gasteiger partial charge in [-0.05, 0) is 47.9 Å². The molecule has 2 aromatic carbocycles. The minimum atomic E-state index is -0.736. The molecule has 4 rings (SSSR count). The molecule has 0 radical (unpaired) electrons. The topological polar surface area (TPSA) is 79.7 Å². The molecule has 0 spiro atoms. The van der Waals surface area contributed by atoms with Crippen molar-refractivity contribution in [2.24, 2.45) is 0 Å². The zero-order valence-electron chi connectivity index (χ0n) is 17.8. The fraction of sp³-hybridized carbons (Fsp3) is 0.192. The van der Waals surface area contributed by atoms with Gasteiger partial charge in [-0.25, -0.2) is 0 Å². The molecular weight excluding hydrogens is 404 g/mol. The van der Waals surface area contributed by atoms with Gasteiger partial charge in [0.15, 0.2) is 0 Å². The fourth-order valence-electron chi connectivity index (χ4n) is 3.79. The summed E-state index contributed by atoms with van der Waals surface area (Å²) in [5, 5.41) is 11.1. The number of rotatable bonds is 7. The van der Waals surface area contributed by atoms with Crippen molar-refractivity contribution in [3.8, 4) is 5.75 Å². The Hall–Kier alpha value is -3.93. The predicted octanol–water partition coefficient (Wildman–Crippen LogP) is 4.49. The normalized spacial score (nSPS) is 17.5. The Morgan fingerprint density at radius 3 is 2.44 bits per heavy atom. The molecule has 162 valence electrons. The Kier molecular flexibility index (Phi) is 6.31. The van der Waals surface area contributed by atoms with E-state index in [1.165, 1.54) is 4.90 Å². The standard InChI is InChI=1S/C26H24N2O4/c1-2-15-32-21-12-10-19(11-13-21)24(29)22-23(20-9-6-14-27-16-20)28(26(31)25(22)30)17-18-7-4-3-5-8-18/h3-14,16,23,29H,2,15,17H2,1H3. The first kappa shape index (κ1) is 21.3. The van der Waals surface area contributed by atoms with Crippen molar-refractivity contribution in [2.75, 3.05) is 6.61 Å². The molecule has 0 bridgehead atoms. The van der Waals surface area contributed by atoms with E-state index >= 15 is 0 Å². The number of benzene rings is 2. The molecule has 2 heterocycles. The summed E-state index contributed by atoms with van der Waals surface area (Å²) in [6.45, 7) is 2.86. The average Bonchev–Trinajstić information content (AvgIpc) is 3.09. The molecule has 0 saturated carbocycles. The van der Waals surface area contributed by atoms with E-state index in [4.69, 9.17) is 4.74 Å². The number of nitrogens with zero attached hydrogens (tertiary/aromatic N) is 2. The Morgan fingerprint density at radius 2 is 1.78 bits per heavy atom. The van der Waals surface area contributed by atoms with Gasteiger partial charge in [0.05, 0.1) is 18.2 Å². The first-order valence-electron chi connectivity index (χ1n) is 10.6. The van der Waals surface area contributed by atoms with Crippen molar-refractivity contribution in [2.45, 2.75) is 25.9 Å². The summed E-state index contributed by atoms with van der Waals surface area (Å²) in [7, 11) is 0. The number of aliphatic hydroxyl groups is 1. The number of ketones is 1. The number of hydrogen-bond donors (Lipinski definition) is 1. The summed E-state index contributed by atoms with van der Waals surface area (Å²) < 4.78 is 5.59. The second kappa shape index (κ2) is 9.47. The van der Waals surface area contributed by atoms with Crippen molar-refractivity contribution < 1.29 is 19.4 Å². The van der Waals surface area contributed by atoms with Crippen LogP contribution >= 0.6 is 0 Å². The van der Waals surface area contributed by atoms with Crippen molar-refractivity contribution in [1.29, 1.82) is 0 Å². The summed E-state index contributed by atoms with van der Waals surface area (Å²) in [6, 6.07) is 19.1. The third kappa shape index (κ3) is 4.25. The molecule has 6 nitrogen and oxygen atoms in total. The Morgan fingerprint density at radius 1 is 1.03 bits per heavy atom. The molecular formula is C26H24N2O4. The van der Waals surface area contributed by atoms with Gasteiger partial charge in [-0.15, -0.1) is 0 Å². The third-order valence-electron chi connectivity index (χ3n) is 5.34. The molecule has 1 fully saturated rings. The van der Waals surface area contributed by atoms with Crippen LogP contribution in [0.4, 0.5) is 0 Å². The lowest BCUT2D eigenvalue weighted by molar-refractivity contribution is -0.140. The molecule has 1 atom stereocenters. The van der Waals surface area contributed by atoms with Gasteiger partial charge < -0.3 is 14.7 Å². The van der Waals surface area contributed by atoms with E-state index in [9.17, 15) is 14.7 Å². The quantitative estimate of drug-likeness (QED) is 0.341. The van der Waals surface area contributed by atoms with E-state index in [1.54, 1.807) is 48.8 Å². The van der Waals surface area contributed by atoms with Crippen LogP contribution in [-0.4, -0.2) is 33.3 Å². The average molecular weight is 428 g/mol. The lowest BCUT2D eigenvalue weighted by Crippen LogP contribution is -2.29. The number of aliphatic hydroxyl groups excluding tert-OH is 1. The highest BCUT2D eigenvalue weighted by Crippen LogP contribution is 2.40. The van der Waals surface area contributed by atoms with E-state index in [-0.39, 0.29) is 17.9 Å². The highest BCUT2D eigenvalue weighted by molar-refractivity contribution is 6.46. The molecule has 1 amide bonds. The number of aromatic nitrogens is 1. The first-order chi connectivity index (χ1) is 15.6. The number of Topliss-reactive ketones (excluding diaryl/α,β-unsaturated/α-hetero) is 1. The lowest BCUT2D eigenvalue weighted by atomic mass is 9.96. The van der Waals surface area contributed by atoms with Crippen LogP contribution in [0, 0.1) is 0 Å². The Labute approximate surface area is 186 Å². The van der Waals surface area contributed by atoms with Crippen LogP contribution in [0.3, 0.4) is 0 Å². The largest absolute Gasteiger partial charge is 0.507 e. The van der Waals surface area contributed by atoms with Gasteiger partial charge in [0, 0.05) is 24.5 Å². The van der Waals surface area contributed by atoms with Gasteiger partial charge in [0.2, 0.25) is 0 Å². The van der Waals surface area contributed by atoms with Crippen LogP contribution in [-0.2, 0) is 16.1 Å². The van der Waals surface area contributed by atoms with Crippen LogP contribution in [0.15, 0.2) is 84.7 Å². The number of likely N-dealkylation sites (tertiary alicyclic amines) is 1. The maximum atomic E-state index is 13.1. The summed E-state index contributed by atoms with van der Waals surface area (Å²) >= 11 is 0. The monoisotopic (exact) mass is 428 g/mol. The number of amides is 1. The number of ether oxygens (including phenoxy) is 1. The van der Waals surface area contributed by atoms with Crippen molar-refractivity contribution in [3.63, 3.8) is 0 Å². The van der Waals surface area contributed by atoms with Gasteiger partial charge in [-0.2, -0.15) is 0 Å². The van der Waals surface area contributed by atoms with Crippen molar-refractivity contribution in [3.05, 3.63) is 101 Å². The Bertz CT molecular complexity index is 1130. The maximum Gasteiger partial charge on any atom is 0.295 e. The van der Waals surface area contributed by atoms with Crippen LogP contribution in [0.1, 0.15) is 36.1 Å². The molecule has 1 aromatic heterocycles. The van der Waals surface area contributed by atoms with E-state index in [0.717, 1.165) is 12.0 Å². The molecule has 1 saturated heterocycles. The van der Waals surface area contributed by atoms with Gasteiger partial charge >= 0.3 is 0 Å². The zero-order chi connectivity index (χ0) is 22.5. The molecule has 0 aliphatic carbocycles. The molecule has 1 N–H and O–H groups in total. The van der Waals surface area contributed by atoms with E-state index in [2.05, 4.69) is 4.98 Å². The number of carbonyl (C=O) groups excluding carboxylic acids is 2. The SMILES string of the molecule is CCCOc1ccc(C(O)=C2C(=O)C(=O)N(Cc3ccccc3)C2c2cccnc2)cc1. The van der Waals surface area contributed by atoms with Crippen molar-refractivity contribution in [1.82, 2.24) is 9.88 Å². The van der Waals surface area contributed by atoms with Crippen LogP contribution in [0.25, 0.3) is 5.76 Å². The van der Waals surface area contributed by atoms with Crippen molar-refractivity contribution >= 4 is 17.4 Å². The van der Waals surface area contributed by atoms with E-state index in [0.29, 0.717) is 23.5 Å². The smallest absolute Gasteiger partial charge is 0.295 e. The predicted molar refractivity (Wildman–Crippen MR) is 121 cm³/mol. The first-order valence-corrected chi connectivity index (χ1v) is 10.6. The summed E-state index contributed by atoms with van der Waals surface area (Å²) in [4.78, 5) is 31.7. The second-order valence-electron chi connectivity index (χ2n) is 7.57. The van der Waals surface area contributed by atoms with Crippen LogP contribution < -0.4 is 4.74 Å². The molecule has 32 heavy (non-hydrogen) atoms. The molecule has 1 unspecified atom stereocenters. The number of carbonyl (C=O) groups is 2. The zero-order valence-corrected chi connectivity index (χ0v) is 17.8. The number of hydrogen-bond acceptors (Lipinski definition) is 5. The highest BCUT2D eigenvalue weighted by atomic mass is 16.5. The van der Waals surface area contributed by atoms with E-state index in [1.807, 2.05) is 37.3 Å². The van der Waals surface area contributed by atoms with Gasteiger partial charge in [0.25, 0.3) is 11.7 Å². The van der Waals surface area contributed by atoms with Gasteiger partial charge in [-0.1, -0.05) is 43.3 Å². The number of pyridine rings is 1.